The molecule has 130 valence electrons. The molecule has 2 rings (SSSR count). The van der Waals surface area contributed by atoms with Crippen molar-refractivity contribution in [1.29, 1.82) is 10.5 Å². The number of nitrogens with zero attached hydrogens (tertiary/aromatic N) is 3. The number of unbranched alkanes of at least 4 members (excludes halogenated alkanes) is 1. The number of amides is 2. The smallest absolute Gasteiger partial charge is 0.249 e. The zero-order valence-electron chi connectivity index (χ0n) is 15.0. The standard InChI is InChI=1S/C18H26N4O2/c1-5-6-7-16(4)17(9-19)11-22(8-13(2)3)12-18(16,10-20)15(24)21-14(17)23/h13H,5-8,11-12H2,1-4H3,(H,21,23,24). The van der Waals surface area contributed by atoms with Crippen LogP contribution in [0.4, 0.5) is 0 Å². The number of imide groups is 1. The van der Waals surface area contributed by atoms with Gasteiger partial charge in [-0.15, -0.1) is 0 Å². The zero-order chi connectivity index (χ0) is 18.2. The minimum Gasteiger partial charge on any atom is -0.299 e. The van der Waals surface area contributed by atoms with E-state index in [0.717, 1.165) is 12.8 Å². The van der Waals surface area contributed by atoms with Crippen LogP contribution in [0.5, 0.6) is 0 Å². The normalized spacial score (nSPS) is 36.1. The Hall–Kier alpha value is -1.92. The Morgan fingerprint density at radius 3 is 2.04 bits per heavy atom. The molecule has 24 heavy (non-hydrogen) atoms. The highest BCUT2D eigenvalue weighted by Gasteiger charge is 2.74. The molecular weight excluding hydrogens is 304 g/mol. The highest BCUT2D eigenvalue weighted by molar-refractivity contribution is 6.07. The van der Waals surface area contributed by atoms with Crippen molar-refractivity contribution in [2.75, 3.05) is 19.6 Å². The number of carbonyl (C=O) groups excluding carboxylic acids is 2. The molecule has 0 aromatic heterocycles. The second kappa shape index (κ2) is 6.18. The van der Waals surface area contributed by atoms with Gasteiger partial charge in [0, 0.05) is 25.0 Å². The van der Waals surface area contributed by atoms with Gasteiger partial charge in [-0.2, -0.15) is 10.5 Å². The molecule has 0 spiro atoms. The van der Waals surface area contributed by atoms with Gasteiger partial charge in [0.2, 0.25) is 11.8 Å². The maximum atomic E-state index is 12.7. The third-order valence-electron chi connectivity index (χ3n) is 5.84. The molecule has 1 N–H and O–H groups in total. The molecule has 0 saturated carbocycles. The molecule has 2 atom stereocenters. The number of likely N-dealkylation sites (tertiary alicyclic amines) is 1. The summed E-state index contributed by atoms with van der Waals surface area (Å²) in [4.78, 5) is 27.4. The topological polar surface area (TPSA) is 97.0 Å². The van der Waals surface area contributed by atoms with E-state index in [2.05, 4.69) is 17.5 Å². The lowest BCUT2D eigenvalue weighted by Gasteiger charge is -2.60. The van der Waals surface area contributed by atoms with E-state index in [4.69, 9.17) is 0 Å². The van der Waals surface area contributed by atoms with Gasteiger partial charge in [0.1, 0.15) is 0 Å². The number of piperidine rings is 2. The number of rotatable bonds is 5. The predicted molar refractivity (Wildman–Crippen MR) is 88.2 cm³/mol. The maximum absolute atomic E-state index is 12.7. The van der Waals surface area contributed by atoms with Gasteiger partial charge in [0.25, 0.3) is 0 Å². The SMILES string of the molecule is CCCCC1(C)C2(C#N)CN(CC(C)C)CC1(C#N)C(=O)NC2=O. The van der Waals surface area contributed by atoms with Crippen LogP contribution in [0, 0.1) is 44.8 Å². The van der Waals surface area contributed by atoms with Crippen molar-refractivity contribution in [3.05, 3.63) is 0 Å². The summed E-state index contributed by atoms with van der Waals surface area (Å²) in [5.41, 5.74) is -3.73. The third-order valence-corrected chi connectivity index (χ3v) is 5.84. The minimum atomic E-state index is -1.38. The number of nitriles is 2. The molecule has 0 aromatic rings. The molecule has 2 heterocycles. The lowest BCUT2D eigenvalue weighted by molar-refractivity contribution is -0.178. The van der Waals surface area contributed by atoms with Crippen molar-refractivity contribution in [3.8, 4) is 12.1 Å². The summed E-state index contributed by atoms with van der Waals surface area (Å²) in [6.07, 6.45) is 2.16. The second-order valence-electron chi connectivity index (χ2n) is 7.82. The van der Waals surface area contributed by atoms with Crippen LogP contribution in [0.2, 0.25) is 0 Å². The number of nitrogens with one attached hydrogen (secondary N) is 1. The van der Waals surface area contributed by atoms with E-state index >= 15 is 0 Å². The largest absolute Gasteiger partial charge is 0.299 e. The molecule has 2 saturated heterocycles. The molecule has 0 radical (unpaired) electrons. The van der Waals surface area contributed by atoms with E-state index in [9.17, 15) is 20.1 Å². The fourth-order valence-corrected chi connectivity index (χ4v) is 4.42. The van der Waals surface area contributed by atoms with Gasteiger partial charge < -0.3 is 0 Å². The lowest BCUT2D eigenvalue weighted by atomic mass is 9.45. The Bertz CT molecular complexity index is 588. The van der Waals surface area contributed by atoms with Gasteiger partial charge >= 0.3 is 0 Å². The molecule has 0 aliphatic carbocycles. The van der Waals surface area contributed by atoms with Gasteiger partial charge in [-0.25, -0.2) is 0 Å². The first kappa shape index (κ1) is 18.4. The predicted octanol–water partition coefficient (Wildman–Crippen LogP) is 1.83. The van der Waals surface area contributed by atoms with Crippen LogP contribution in [0.3, 0.4) is 0 Å². The van der Waals surface area contributed by atoms with Crippen molar-refractivity contribution < 1.29 is 9.59 Å². The average Bonchev–Trinajstić information content (AvgIpc) is 2.52. The zero-order valence-corrected chi connectivity index (χ0v) is 15.0. The molecule has 2 bridgehead atoms. The van der Waals surface area contributed by atoms with E-state index in [1.54, 1.807) is 6.92 Å². The summed E-state index contributed by atoms with van der Waals surface area (Å²) in [6.45, 7) is 9.08. The maximum Gasteiger partial charge on any atom is 0.249 e. The molecule has 2 unspecified atom stereocenters. The summed E-state index contributed by atoms with van der Waals surface area (Å²) >= 11 is 0. The lowest BCUT2D eigenvalue weighted by Crippen LogP contribution is -2.76. The van der Waals surface area contributed by atoms with Crippen molar-refractivity contribution in [2.45, 2.75) is 47.0 Å². The van der Waals surface area contributed by atoms with Crippen LogP contribution in [0.25, 0.3) is 0 Å². The summed E-state index contributed by atoms with van der Waals surface area (Å²) < 4.78 is 0. The minimum absolute atomic E-state index is 0.268. The number of carbonyl (C=O) groups is 2. The van der Waals surface area contributed by atoms with Gasteiger partial charge in [-0.3, -0.25) is 19.8 Å². The first-order valence-corrected chi connectivity index (χ1v) is 8.63. The van der Waals surface area contributed by atoms with E-state index < -0.39 is 28.1 Å². The quantitative estimate of drug-likeness (QED) is 0.776. The number of fused-ring (bicyclic) bond motifs is 2. The second-order valence-corrected chi connectivity index (χ2v) is 7.82. The summed E-state index contributed by atoms with van der Waals surface area (Å²) in [5.74, 6) is -0.781. The number of hydrogen-bond donors (Lipinski definition) is 1. The molecule has 6 heteroatoms. The van der Waals surface area contributed by atoms with E-state index in [0.29, 0.717) is 18.9 Å². The Labute approximate surface area is 143 Å². The van der Waals surface area contributed by atoms with Crippen molar-refractivity contribution >= 4 is 11.8 Å². The van der Waals surface area contributed by atoms with Gasteiger partial charge in [0.15, 0.2) is 10.8 Å². The molecule has 2 aliphatic rings. The first-order chi connectivity index (χ1) is 11.2. The molecular formula is C18H26N4O2. The van der Waals surface area contributed by atoms with Crippen LogP contribution in [-0.2, 0) is 9.59 Å². The third kappa shape index (κ3) is 2.24. The van der Waals surface area contributed by atoms with Gasteiger partial charge in [0.05, 0.1) is 12.1 Å². The molecule has 2 aliphatic heterocycles. The Balaban J connectivity index is 2.64. The average molecular weight is 330 g/mol. The fourth-order valence-electron chi connectivity index (χ4n) is 4.42. The molecule has 6 nitrogen and oxygen atoms in total. The van der Waals surface area contributed by atoms with Crippen LogP contribution < -0.4 is 5.32 Å². The van der Waals surface area contributed by atoms with E-state index in [-0.39, 0.29) is 13.1 Å². The van der Waals surface area contributed by atoms with Crippen molar-refractivity contribution in [2.24, 2.45) is 22.2 Å². The summed E-state index contributed by atoms with van der Waals surface area (Å²) in [6, 6.07) is 4.45. The van der Waals surface area contributed by atoms with Crippen LogP contribution in [0.15, 0.2) is 0 Å². The molecule has 2 fully saturated rings. The number of hydrogen-bond acceptors (Lipinski definition) is 5. The van der Waals surface area contributed by atoms with Crippen LogP contribution in [-0.4, -0.2) is 36.3 Å². The fraction of sp³-hybridized carbons (Fsp3) is 0.778. The molecule has 2 amide bonds. The first-order valence-electron chi connectivity index (χ1n) is 8.63. The van der Waals surface area contributed by atoms with E-state index in [1.807, 2.05) is 25.7 Å². The Kier molecular flexibility index (Phi) is 4.74. The molecule has 0 aromatic carbocycles. The van der Waals surface area contributed by atoms with Crippen LogP contribution in [0.1, 0.15) is 47.0 Å². The Morgan fingerprint density at radius 1 is 1.17 bits per heavy atom. The van der Waals surface area contributed by atoms with E-state index in [1.165, 1.54) is 0 Å². The summed E-state index contributed by atoms with van der Waals surface area (Å²) in [5, 5.41) is 22.3. The Morgan fingerprint density at radius 2 is 1.67 bits per heavy atom. The van der Waals surface area contributed by atoms with Crippen molar-refractivity contribution in [3.63, 3.8) is 0 Å². The van der Waals surface area contributed by atoms with Crippen molar-refractivity contribution in [1.82, 2.24) is 10.2 Å². The highest BCUT2D eigenvalue weighted by atomic mass is 16.2. The van der Waals surface area contributed by atoms with Gasteiger partial charge in [-0.05, 0) is 12.3 Å². The van der Waals surface area contributed by atoms with Crippen LogP contribution >= 0.6 is 0 Å². The summed E-state index contributed by atoms with van der Waals surface area (Å²) in [7, 11) is 0. The monoisotopic (exact) mass is 330 g/mol. The highest BCUT2D eigenvalue weighted by Crippen LogP contribution is 2.60. The van der Waals surface area contributed by atoms with Gasteiger partial charge in [-0.1, -0.05) is 40.5 Å².